The highest BCUT2D eigenvalue weighted by molar-refractivity contribution is 7.07. The molecule has 0 radical (unpaired) electrons. The number of aromatic nitrogens is 1. The molecule has 0 saturated carbocycles. The minimum atomic E-state index is -1.33. The Kier molecular flexibility index (Phi) is 5.97. The van der Waals surface area contributed by atoms with Crippen molar-refractivity contribution in [3.05, 3.63) is 40.3 Å². The van der Waals surface area contributed by atoms with Gasteiger partial charge in [0.25, 0.3) is 5.91 Å². The van der Waals surface area contributed by atoms with Gasteiger partial charge in [0.05, 0.1) is 18.3 Å². The van der Waals surface area contributed by atoms with Gasteiger partial charge >= 0.3 is 5.97 Å². The number of aliphatic carboxylic acids is 1. The molecule has 1 unspecified atom stereocenters. The van der Waals surface area contributed by atoms with Crippen LogP contribution in [0.3, 0.4) is 0 Å². The first-order valence-electron chi connectivity index (χ1n) is 7.63. The summed E-state index contributed by atoms with van der Waals surface area (Å²) in [7, 11) is 1.47. The monoisotopic (exact) mass is 364 g/mol. The molecule has 134 valence electrons. The molecule has 0 saturated heterocycles. The van der Waals surface area contributed by atoms with E-state index in [2.05, 4.69) is 10.3 Å². The third-order valence-corrected chi connectivity index (χ3v) is 4.49. The number of methoxy groups -OCH3 is 1. The molecular weight excluding hydrogens is 344 g/mol. The fourth-order valence-electron chi connectivity index (χ4n) is 2.00. The quantitative estimate of drug-likeness (QED) is 0.747. The number of carbonyl (C=O) groups is 2. The zero-order chi connectivity index (χ0) is 18.4. The van der Waals surface area contributed by atoms with Crippen molar-refractivity contribution in [2.75, 3.05) is 7.11 Å². The van der Waals surface area contributed by atoms with Gasteiger partial charge in [0.2, 0.25) is 0 Å². The number of nitrogens with zero attached hydrogens (tertiary/aromatic N) is 1. The smallest absolute Gasteiger partial charge is 0.329 e. The van der Waals surface area contributed by atoms with Crippen LogP contribution < -0.4 is 14.8 Å². The third kappa shape index (κ3) is 4.48. The van der Waals surface area contributed by atoms with Gasteiger partial charge in [0.1, 0.15) is 12.1 Å². The molecule has 0 spiro atoms. The maximum Gasteiger partial charge on any atom is 0.329 e. The first-order chi connectivity index (χ1) is 11.9. The first-order valence-corrected chi connectivity index (χ1v) is 8.57. The van der Waals surface area contributed by atoms with Crippen LogP contribution in [-0.4, -0.2) is 34.6 Å². The zero-order valence-corrected chi connectivity index (χ0v) is 15.1. The fraction of sp³-hybridized carbons (Fsp3) is 0.353. The van der Waals surface area contributed by atoms with Crippen LogP contribution >= 0.6 is 11.3 Å². The fourth-order valence-corrected chi connectivity index (χ4v) is 2.55. The SMILES string of the molecule is CCC(C)(NC(=O)c1ccc(OCc2cscn2)c(OC)c1)C(=O)O. The number of ether oxygens (including phenoxy) is 2. The van der Waals surface area contributed by atoms with Crippen molar-refractivity contribution in [2.45, 2.75) is 32.4 Å². The van der Waals surface area contributed by atoms with Crippen molar-refractivity contribution in [1.29, 1.82) is 0 Å². The van der Waals surface area contributed by atoms with E-state index in [-0.39, 0.29) is 6.42 Å². The molecule has 1 heterocycles. The Bertz CT molecular complexity index is 748. The number of carboxylic acid groups (broad SMARTS) is 1. The lowest BCUT2D eigenvalue weighted by Gasteiger charge is -2.24. The largest absolute Gasteiger partial charge is 0.493 e. The number of carbonyl (C=O) groups excluding carboxylic acids is 1. The lowest BCUT2D eigenvalue weighted by molar-refractivity contribution is -0.143. The Labute approximate surface area is 149 Å². The molecule has 2 aromatic rings. The van der Waals surface area contributed by atoms with Crippen molar-refractivity contribution in [3.63, 3.8) is 0 Å². The van der Waals surface area contributed by atoms with Gasteiger partial charge in [-0.05, 0) is 31.5 Å². The molecule has 8 heteroatoms. The van der Waals surface area contributed by atoms with E-state index in [1.54, 1.807) is 24.6 Å². The minimum Gasteiger partial charge on any atom is -0.493 e. The van der Waals surface area contributed by atoms with Crippen LogP contribution in [0.2, 0.25) is 0 Å². The molecule has 1 amide bonds. The molecule has 2 rings (SSSR count). The van der Waals surface area contributed by atoms with Crippen molar-refractivity contribution >= 4 is 23.2 Å². The lowest BCUT2D eigenvalue weighted by Crippen LogP contribution is -2.51. The van der Waals surface area contributed by atoms with Crippen LogP contribution in [0.1, 0.15) is 36.3 Å². The average Bonchev–Trinajstić information content (AvgIpc) is 3.12. The topological polar surface area (TPSA) is 97.8 Å². The first kappa shape index (κ1) is 18.7. The van der Waals surface area contributed by atoms with E-state index in [0.717, 1.165) is 5.69 Å². The molecule has 0 fully saturated rings. The molecule has 0 aliphatic carbocycles. The number of carboxylic acids is 1. The molecule has 1 atom stereocenters. The molecule has 1 aromatic heterocycles. The standard InChI is InChI=1S/C17H20N2O5S/c1-4-17(2,16(21)22)19-15(20)11-5-6-13(14(7-11)23-3)24-8-12-9-25-10-18-12/h5-7,9-10H,4,8H2,1-3H3,(H,19,20)(H,21,22). The summed E-state index contributed by atoms with van der Waals surface area (Å²) in [6.45, 7) is 3.46. The Balaban J connectivity index is 2.14. The molecule has 1 aromatic carbocycles. The molecule has 2 N–H and O–H groups in total. The summed E-state index contributed by atoms with van der Waals surface area (Å²) in [5.41, 5.74) is 1.48. The number of hydrogen-bond donors (Lipinski definition) is 2. The van der Waals surface area contributed by atoms with Crippen LogP contribution in [0.5, 0.6) is 11.5 Å². The van der Waals surface area contributed by atoms with Crippen LogP contribution in [0.15, 0.2) is 29.1 Å². The summed E-state index contributed by atoms with van der Waals surface area (Å²) in [6.07, 6.45) is 0.264. The Morgan fingerprint density at radius 3 is 2.68 bits per heavy atom. The van der Waals surface area contributed by atoms with Crippen LogP contribution in [0, 0.1) is 0 Å². The number of rotatable bonds is 8. The van der Waals surface area contributed by atoms with Crippen molar-refractivity contribution in [2.24, 2.45) is 0 Å². The van der Waals surface area contributed by atoms with Gasteiger partial charge in [-0.15, -0.1) is 11.3 Å². The van der Waals surface area contributed by atoms with E-state index in [4.69, 9.17) is 9.47 Å². The summed E-state index contributed by atoms with van der Waals surface area (Å²) < 4.78 is 10.9. The maximum atomic E-state index is 12.4. The van der Waals surface area contributed by atoms with Crippen LogP contribution in [-0.2, 0) is 11.4 Å². The Morgan fingerprint density at radius 1 is 1.36 bits per heavy atom. The zero-order valence-electron chi connectivity index (χ0n) is 14.2. The molecule has 0 aliphatic heterocycles. The summed E-state index contributed by atoms with van der Waals surface area (Å²) in [4.78, 5) is 27.8. The van der Waals surface area contributed by atoms with Crippen LogP contribution in [0.25, 0.3) is 0 Å². The Morgan fingerprint density at radius 2 is 2.12 bits per heavy atom. The summed E-state index contributed by atoms with van der Waals surface area (Å²) in [5, 5.41) is 13.7. The van der Waals surface area contributed by atoms with E-state index in [1.807, 2.05) is 5.38 Å². The van der Waals surface area contributed by atoms with E-state index in [1.165, 1.54) is 31.4 Å². The Hall–Kier alpha value is -2.61. The molecule has 0 aliphatic rings. The van der Waals surface area contributed by atoms with Crippen molar-refractivity contribution < 1.29 is 24.2 Å². The van der Waals surface area contributed by atoms with Crippen molar-refractivity contribution in [3.8, 4) is 11.5 Å². The molecule has 25 heavy (non-hydrogen) atoms. The second-order valence-electron chi connectivity index (χ2n) is 5.58. The second kappa shape index (κ2) is 7.98. The van der Waals surface area contributed by atoms with E-state index >= 15 is 0 Å². The third-order valence-electron chi connectivity index (χ3n) is 3.85. The predicted molar refractivity (Wildman–Crippen MR) is 93.2 cm³/mol. The summed E-state index contributed by atoms with van der Waals surface area (Å²) in [6, 6.07) is 4.69. The molecular formula is C17H20N2O5S. The maximum absolute atomic E-state index is 12.4. The van der Waals surface area contributed by atoms with Gasteiger partial charge < -0.3 is 19.9 Å². The number of nitrogens with one attached hydrogen (secondary N) is 1. The van der Waals surface area contributed by atoms with E-state index in [9.17, 15) is 14.7 Å². The second-order valence-corrected chi connectivity index (χ2v) is 6.30. The van der Waals surface area contributed by atoms with E-state index in [0.29, 0.717) is 23.7 Å². The number of thiazole rings is 1. The summed E-state index contributed by atoms with van der Waals surface area (Å²) in [5.74, 6) is -0.713. The van der Waals surface area contributed by atoms with E-state index < -0.39 is 17.4 Å². The van der Waals surface area contributed by atoms with Crippen molar-refractivity contribution in [1.82, 2.24) is 10.3 Å². The van der Waals surface area contributed by atoms with Gasteiger partial charge in [0, 0.05) is 10.9 Å². The summed E-state index contributed by atoms with van der Waals surface area (Å²) >= 11 is 1.48. The van der Waals surface area contributed by atoms with Gasteiger partial charge in [-0.25, -0.2) is 9.78 Å². The van der Waals surface area contributed by atoms with Gasteiger partial charge in [-0.3, -0.25) is 4.79 Å². The van der Waals surface area contributed by atoms with Gasteiger partial charge in [0.15, 0.2) is 11.5 Å². The van der Waals surface area contributed by atoms with Crippen LogP contribution in [0.4, 0.5) is 0 Å². The minimum absolute atomic E-state index is 0.264. The highest BCUT2D eigenvalue weighted by atomic mass is 32.1. The van der Waals surface area contributed by atoms with Gasteiger partial charge in [-0.1, -0.05) is 6.92 Å². The lowest BCUT2D eigenvalue weighted by atomic mass is 9.98. The highest BCUT2D eigenvalue weighted by Crippen LogP contribution is 2.29. The number of benzene rings is 1. The molecule has 0 bridgehead atoms. The normalized spacial score (nSPS) is 12.9. The number of amides is 1. The molecule has 7 nitrogen and oxygen atoms in total. The predicted octanol–water partition coefficient (Wildman–Crippen LogP) is 2.71. The van der Waals surface area contributed by atoms with Gasteiger partial charge in [-0.2, -0.15) is 0 Å². The number of hydrogen-bond acceptors (Lipinski definition) is 6. The highest BCUT2D eigenvalue weighted by Gasteiger charge is 2.33. The average molecular weight is 364 g/mol.